The lowest BCUT2D eigenvalue weighted by molar-refractivity contribution is 0.102. The van der Waals surface area contributed by atoms with Gasteiger partial charge in [-0.25, -0.2) is 4.39 Å². The van der Waals surface area contributed by atoms with Gasteiger partial charge in [0.2, 0.25) is 0 Å². The lowest BCUT2D eigenvalue weighted by Crippen LogP contribution is -2.12. The number of anilines is 1. The highest BCUT2D eigenvalue weighted by molar-refractivity contribution is 6.22. The zero-order valence-corrected chi connectivity index (χ0v) is 17.4. The molecule has 5 nitrogen and oxygen atoms in total. The predicted octanol–water partition coefficient (Wildman–Crippen LogP) is 5.64. The maximum absolute atomic E-state index is 13.4. The van der Waals surface area contributed by atoms with Gasteiger partial charge in [0, 0.05) is 34.6 Å². The smallest absolute Gasteiger partial charge is 0.256 e. The Morgan fingerprint density at radius 3 is 2.59 bits per heavy atom. The number of para-hydroxylation sites is 1. The van der Waals surface area contributed by atoms with E-state index in [0.29, 0.717) is 23.5 Å². The average molecular weight is 425 g/mol. The summed E-state index contributed by atoms with van der Waals surface area (Å²) < 4.78 is 21.2. The molecule has 6 heteroatoms. The van der Waals surface area contributed by atoms with Crippen LogP contribution in [0.4, 0.5) is 10.1 Å². The van der Waals surface area contributed by atoms with Gasteiger partial charge in [-0.2, -0.15) is 0 Å². The highest BCUT2D eigenvalue weighted by Gasteiger charge is 2.21. The molecular formula is C26H20FN3O2. The molecule has 0 saturated heterocycles. The molecule has 0 fully saturated rings. The monoisotopic (exact) mass is 425 g/mol. The number of nitrogens with one attached hydrogen (secondary N) is 1. The Morgan fingerprint density at radius 1 is 1.03 bits per heavy atom. The van der Waals surface area contributed by atoms with Gasteiger partial charge in [-0.15, -0.1) is 0 Å². The maximum atomic E-state index is 13.4. The molecule has 1 N–H and O–H groups in total. The van der Waals surface area contributed by atoms with Crippen LogP contribution in [0.15, 0.2) is 85.2 Å². The number of aromatic nitrogens is 2. The number of pyridine rings is 1. The molecule has 5 rings (SSSR count). The van der Waals surface area contributed by atoms with E-state index in [4.69, 9.17) is 4.74 Å². The molecule has 0 saturated carbocycles. The molecule has 32 heavy (non-hydrogen) atoms. The largest absolute Gasteiger partial charge is 0.495 e. The SMILES string of the molecule is COc1ccc(C(=O)Nc2cccnc2)c2c3ccccc3n(Cc3ccc(F)cc3)c12. The summed E-state index contributed by atoms with van der Waals surface area (Å²) in [5.74, 6) is 0.162. The van der Waals surface area contributed by atoms with E-state index in [1.165, 1.54) is 12.1 Å². The van der Waals surface area contributed by atoms with Crippen molar-refractivity contribution >= 4 is 33.4 Å². The molecule has 0 atom stereocenters. The summed E-state index contributed by atoms with van der Waals surface area (Å²) in [5.41, 5.74) is 3.89. The van der Waals surface area contributed by atoms with Gasteiger partial charge in [0.15, 0.2) is 0 Å². The second-order valence-electron chi connectivity index (χ2n) is 7.46. The number of nitrogens with zero attached hydrogens (tertiary/aromatic N) is 2. The fraction of sp³-hybridized carbons (Fsp3) is 0.0769. The molecule has 5 aromatic rings. The van der Waals surface area contributed by atoms with Gasteiger partial charge in [0.05, 0.1) is 24.5 Å². The van der Waals surface area contributed by atoms with Gasteiger partial charge in [-0.05, 0) is 48.0 Å². The van der Waals surface area contributed by atoms with Gasteiger partial charge < -0.3 is 14.6 Å². The van der Waals surface area contributed by atoms with Crippen molar-refractivity contribution in [2.75, 3.05) is 12.4 Å². The molecular weight excluding hydrogens is 405 g/mol. The first-order valence-corrected chi connectivity index (χ1v) is 10.2. The van der Waals surface area contributed by atoms with Crippen molar-refractivity contribution in [1.29, 1.82) is 0 Å². The van der Waals surface area contributed by atoms with E-state index in [1.54, 1.807) is 55.9 Å². The summed E-state index contributed by atoms with van der Waals surface area (Å²) in [4.78, 5) is 17.3. The van der Waals surface area contributed by atoms with E-state index >= 15 is 0 Å². The van der Waals surface area contributed by atoms with Crippen molar-refractivity contribution in [3.05, 3.63) is 102 Å². The number of hydrogen-bond acceptors (Lipinski definition) is 3. The lowest BCUT2D eigenvalue weighted by atomic mass is 10.0. The number of ether oxygens (including phenoxy) is 1. The number of halogens is 1. The Morgan fingerprint density at radius 2 is 1.84 bits per heavy atom. The highest BCUT2D eigenvalue weighted by atomic mass is 19.1. The maximum Gasteiger partial charge on any atom is 0.256 e. The second-order valence-corrected chi connectivity index (χ2v) is 7.46. The van der Waals surface area contributed by atoms with Gasteiger partial charge in [-0.1, -0.05) is 30.3 Å². The Kier molecular flexibility index (Phi) is 5.03. The van der Waals surface area contributed by atoms with Crippen LogP contribution in [0.25, 0.3) is 21.8 Å². The fourth-order valence-corrected chi connectivity index (χ4v) is 4.08. The fourth-order valence-electron chi connectivity index (χ4n) is 4.08. The van der Waals surface area contributed by atoms with Crippen LogP contribution in [0.1, 0.15) is 15.9 Å². The summed E-state index contributed by atoms with van der Waals surface area (Å²) in [6.07, 6.45) is 3.26. The van der Waals surface area contributed by atoms with Crippen molar-refractivity contribution in [2.24, 2.45) is 0 Å². The van der Waals surface area contributed by atoms with Crippen molar-refractivity contribution < 1.29 is 13.9 Å². The Hall–Kier alpha value is -4.19. The number of carbonyl (C=O) groups excluding carboxylic acids is 1. The highest BCUT2D eigenvalue weighted by Crippen LogP contribution is 2.38. The third-order valence-corrected chi connectivity index (χ3v) is 5.51. The molecule has 3 aromatic carbocycles. The molecule has 0 spiro atoms. The van der Waals surface area contributed by atoms with Gasteiger partial charge in [0.1, 0.15) is 11.6 Å². The van der Waals surface area contributed by atoms with E-state index in [9.17, 15) is 9.18 Å². The third kappa shape index (κ3) is 3.46. The minimum atomic E-state index is -0.275. The quantitative estimate of drug-likeness (QED) is 0.397. The second kappa shape index (κ2) is 8.15. The van der Waals surface area contributed by atoms with E-state index in [1.807, 2.05) is 24.3 Å². The first-order chi connectivity index (χ1) is 15.7. The van der Waals surface area contributed by atoms with Crippen LogP contribution in [0.2, 0.25) is 0 Å². The van der Waals surface area contributed by atoms with E-state index < -0.39 is 0 Å². The van der Waals surface area contributed by atoms with E-state index in [-0.39, 0.29) is 11.7 Å². The van der Waals surface area contributed by atoms with Crippen molar-refractivity contribution in [3.63, 3.8) is 0 Å². The van der Waals surface area contributed by atoms with Crippen molar-refractivity contribution in [1.82, 2.24) is 9.55 Å². The van der Waals surface area contributed by atoms with Crippen molar-refractivity contribution in [3.8, 4) is 5.75 Å². The first kappa shape index (κ1) is 19.8. The zero-order chi connectivity index (χ0) is 22.1. The van der Waals surface area contributed by atoms with E-state index in [2.05, 4.69) is 14.9 Å². The average Bonchev–Trinajstić information content (AvgIpc) is 3.15. The van der Waals surface area contributed by atoms with Crippen LogP contribution in [0.5, 0.6) is 5.75 Å². The molecule has 1 amide bonds. The topological polar surface area (TPSA) is 56.1 Å². The Balaban J connectivity index is 1.72. The predicted molar refractivity (Wildman–Crippen MR) is 124 cm³/mol. The van der Waals surface area contributed by atoms with E-state index in [0.717, 1.165) is 27.4 Å². The molecule has 0 bridgehead atoms. The molecule has 0 unspecified atom stereocenters. The van der Waals surface area contributed by atoms with Crippen LogP contribution in [-0.2, 0) is 6.54 Å². The Labute approximate surface area is 184 Å². The summed E-state index contributed by atoms with van der Waals surface area (Å²) in [5, 5.41) is 4.68. The van der Waals surface area contributed by atoms with Crippen molar-refractivity contribution in [2.45, 2.75) is 6.54 Å². The number of hydrogen-bond donors (Lipinski definition) is 1. The molecule has 158 valence electrons. The molecule has 0 radical (unpaired) electrons. The number of methoxy groups -OCH3 is 1. The molecule has 0 aliphatic carbocycles. The van der Waals surface area contributed by atoms with Crippen LogP contribution < -0.4 is 10.1 Å². The van der Waals surface area contributed by atoms with Crippen LogP contribution in [0, 0.1) is 5.82 Å². The summed E-state index contributed by atoms with van der Waals surface area (Å²) in [7, 11) is 1.62. The van der Waals surface area contributed by atoms with Gasteiger partial charge in [0.25, 0.3) is 5.91 Å². The van der Waals surface area contributed by atoms with Crippen LogP contribution >= 0.6 is 0 Å². The van der Waals surface area contributed by atoms with Gasteiger partial charge in [-0.3, -0.25) is 9.78 Å². The number of fused-ring (bicyclic) bond motifs is 3. The number of benzene rings is 3. The summed E-state index contributed by atoms with van der Waals surface area (Å²) in [6, 6.07) is 21.5. The number of carbonyl (C=O) groups is 1. The summed E-state index contributed by atoms with van der Waals surface area (Å²) >= 11 is 0. The normalized spacial score (nSPS) is 11.1. The molecule has 2 aromatic heterocycles. The third-order valence-electron chi connectivity index (χ3n) is 5.51. The molecule has 0 aliphatic heterocycles. The molecule has 0 aliphatic rings. The number of rotatable bonds is 5. The minimum Gasteiger partial charge on any atom is -0.495 e. The van der Waals surface area contributed by atoms with Crippen LogP contribution in [0.3, 0.4) is 0 Å². The minimum absolute atomic E-state index is 0.227. The standard InChI is InChI=1S/C26H20FN3O2/c1-32-23-13-12-21(26(31)29-19-5-4-14-28-15-19)24-20-6-2-3-7-22(20)30(25(23)24)16-17-8-10-18(27)11-9-17/h2-15H,16H2,1H3,(H,29,31). The molecule has 2 heterocycles. The first-order valence-electron chi connectivity index (χ1n) is 10.2. The summed E-state index contributed by atoms with van der Waals surface area (Å²) in [6.45, 7) is 0.508. The lowest BCUT2D eigenvalue weighted by Gasteiger charge is -2.12. The number of amides is 1. The zero-order valence-electron chi connectivity index (χ0n) is 17.4. The van der Waals surface area contributed by atoms with Gasteiger partial charge >= 0.3 is 0 Å². The Bertz CT molecular complexity index is 1430. The van der Waals surface area contributed by atoms with Crippen LogP contribution in [-0.4, -0.2) is 22.6 Å².